The second-order valence-corrected chi connectivity index (χ2v) is 6.44. The average molecular weight is 296 g/mol. The van der Waals surface area contributed by atoms with E-state index in [0.29, 0.717) is 11.4 Å². The van der Waals surface area contributed by atoms with Crippen molar-refractivity contribution in [1.29, 1.82) is 0 Å². The molecule has 0 bridgehead atoms. The predicted molar refractivity (Wildman–Crippen MR) is 77.0 cm³/mol. The molecule has 0 atom stereocenters. The summed E-state index contributed by atoms with van der Waals surface area (Å²) in [6, 6.07) is 0. The highest BCUT2D eigenvalue weighted by Gasteiger charge is 2.34. The number of carbonyl (C=O) groups excluding carboxylic acids is 1. The van der Waals surface area contributed by atoms with Crippen molar-refractivity contribution in [2.45, 2.75) is 45.4 Å². The van der Waals surface area contributed by atoms with E-state index in [9.17, 15) is 9.59 Å². The van der Waals surface area contributed by atoms with Gasteiger partial charge < -0.3 is 10.4 Å². The van der Waals surface area contributed by atoms with Crippen LogP contribution in [-0.2, 0) is 4.79 Å². The maximum Gasteiger partial charge on any atom is 0.303 e. The monoisotopic (exact) mass is 296 g/mol. The molecule has 1 aliphatic carbocycles. The molecule has 0 radical (unpaired) electrons. The van der Waals surface area contributed by atoms with Crippen molar-refractivity contribution in [3.8, 4) is 0 Å². The van der Waals surface area contributed by atoms with E-state index in [2.05, 4.69) is 10.3 Å². The summed E-state index contributed by atoms with van der Waals surface area (Å²) in [4.78, 5) is 27.9. The number of aromatic nitrogens is 1. The molecular formula is C14H20N2O3S. The third kappa shape index (κ3) is 3.56. The SMILES string of the molecule is Cc1ncsc1C(=O)NCC1(CC(=O)O)CCCCC1. The van der Waals surface area contributed by atoms with Gasteiger partial charge in [0.25, 0.3) is 5.91 Å². The summed E-state index contributed by atoms with van der Waals surface area (Å²) in [5.74, 6) is -0.921. The molecule has 5 nitrogen and oxygen atoms in total. The first-order valence-corrected chi connectivity index (χ1v) is 7.80. The van der Waals surface area contributed by atoms with Crippen molar-refractivity contribution in [2.24, 2.45) is 5.41 Å². The topological polar surface area (TPSA) is 79.3 Å². The number of amides is 1. The molecule has 2 N–H and O–H groups in total. The molecule has 1 aromatic rings. The minimum Gasteiger partial charge on any atom is -0.481 e. The first-order chi connectivity index (χ1) is 9.52. The standard InChI is InChI=1S/C14H20N2O3S/c1-10-12(20-9-16-10)13(19)15-8-14(7-11(17)18)5-3-2-4-6-14/h9H,2-8H2,1H3,(H,15,19)(H,17,18). The lowest BCUT2D eigenvalue weighted by molar-refractivity contribution is -0.140. The van der Waals surface area contributed by atoms with Gasteiger partial charge in [-0.2, -0.15) is 0 Å². The van der Waals surface area contributed by atoms with Crippen LogP contribution < -0.4 is 5.32 Å². The van der Waals surface area contributed by atoms with Gasteiger partial charge in [-0.05, 0) is 25.2 Å². The second kappa shape index (κ2) is 6.35. The summed E-state index contributed by atoms with van der Waals surface area (Å²) < 4.78 is 0. The lowest BCUT2D eigenvalue weighted by Crippen LogP contribution is -2.40. The fourth-order valence-electron chi connectivity index (χ4n) is 2.91. The van der Waals surface area contributed by atoms with Crippen LogP contribution in [-0.4, -0.2) is 28.5 Å². The normalized spacial score (nSPS) is 17.6. The van der Waals surface area contributed by atoms with Gasteiger partial charge in [-0.15, -0.1) is 11.3 Å². The van der Waals surface area contributed by atoms with E-state index in [1.54, 1.807) is 12.4 Å². The Morgan fingerprint density at radius 2 is 2.10 bits per heavy atom. The Balaban J connectivity index is 2.00. The first kappa shape index (κ1) is 15.0. The zero-order valence-electron chi connectivity index (χ0n) is 11.6. The number of carboxylic acid groups (broad SMARTS) is 1. The summed E-state index contributed by atoms with van der Waals surface area (Å²) in [5.41, 5.74) is 2.10. The number of aliphatic carboxylic acids is 1. The van der Waals surface area contributed by atoms with Crippen LogP contribution in [0.3, 0.4) is 0 Å². The maximum atomic E-state index is 12.1. The summed E-state index contributed by atoms with van der Waals surface area (Å²) in [5, 5.41) is 12.0. The van der Waals surface area contributed by atoms with E-state index < -0.39 is 5.97 Å². The molecule has 1 heterocycles. The number of aryl methyl sites for hydroxylation is 1. The molecule has 0 aliphatic heterocycles. The van der Waals surface area contributed by atoms with Crippen LogP contribution >= 0.6 is 11.3 Å². The summed E-state index contributed by atoms with van der Waals surface area (Å²) in [7, 11) is 0. The van der Waals surface area contributed by atoms with Gasteiger partial charge in [0.2, 0.25) is 0 Å². The van der Waals surface area contributed by atoms with Gasteiger partial charge in [0.1, 0.15) is 4.88 Å². The zero-order chi connectivity index (χ0) is 14.6. The fraction of sp³-hybridized carbons (Fsp3) is 0.643. The summed E-state index contributed by atoms with van der Waals surface area (Å²) in [6.07, 6.45) is 5.13. The Hall–Kier alpha value is -1.43. The number of carbonyl (C=O) groups is 2. The van der Waals surface area contributed by atoms with E-state index in [0.717, 1.165) is 37.8 Å². The van der Waals surface area contributed by atoms with Crippen LogP contribution in [0.25, 0.3) is 0 Å². The molecule has 0 unspecified atom stereocenters. The van der Waals surface area contributed by atoms with Gasteiger partial charge in [-0.1, -0.05) is 19.3 Å². The van der Waals surface area contributed by atoms with Crippen molar-refractivity contribution in [2.75, 3.05) is 6.54 Å². The maximum absolute atomic E-state index is 12.1. The number of hydrogen-bond acceptors (Lipinski definition) is 4. The highest BCUT2D eigenvalue weighted by atomic mass is 32.1. The second-order valence-electron chi connectivity index (χ2n) is 5.58. The van der Waals surface area contributed by atoms with E-state index in [1.165, 1.54) is 11.3 Å². The Kier molecular flexibility index (Phi) is 4.75. The van der Waals surface area contributed by atoms with Crippen molar-refractivity contribution in [1.82, 2.24) is 10.3 Å². The number of thiazole rings is 1. The third-order valence-electron chi connectivity index (χ3n) is 4.02. The highest BCUT2D eigenvalue weighted by Crippen LogP contribution is 2.38. The van der Waals surface area contributed by atoms with Gasteiger partial charge in [0.05, 0.1) is 17.6 Å². The molecule has 6 heteroatoms. The minimum absolute atomic E-state index is 0.134. The lowest BCUT2D eigenvalue weighted by Gasteiger charge is -2.36. The molecule has 2 rings (SSSR count). The molecule has 1 aliphatic rings. The van der Waals surface area contributed by atoms with E-state index >= 15 is 0 Å². The molecule has 1 amide bonds. The van der Waals surface area contributed by atoms with E-state index in [4.69, 9.17) is 5.11 Å². The van der Waals surface area contributed by atoms with Crippen molar-refractivity contribution >= 4 is 23.2 Å². The predicted octanol–water partition coefficient (Wildman–Crippen LogP) is 2.61. The van der Waals surface area contributed by atoms with Crippen LogP contribution in [0.5, 0.6) is 0 Å². The number of nitrogens with zero attached hydrogens (tertiary/aromatic N) is 1. The van der Waals surface area contributed by atoms with Gasteiger partial charge in [-0.25, -0.2) is 4.98 Å². The number of hydrogen-bond donors (Lipinski definition) is 2. The van der Waals surface area contributed by atoms with Crippen LogP contribution in [0.4, 0.5) is 0 Å². The fourth-order valence-corrected chi connectivity index (χ4v) is 3.63. The van der Waals surface area contributed by atoms with E-state index in [-0.39, 0.29) is 17.7 Å². The van der Waals surface area contributed by atoms with Crippen molar-refractivity contribution in [3.05, 3.63) is 16.1 Å². The van der Waals surface area contributed by atoms with Crippen LogP contribution in [0.1, 0.15) is 53.9 Å². The zero-order valence-corrected chi connectivity index (χ0v) is 12.5. The molecule has 1 aromatic heterocycles. The Morgan fingerprint density at radius 1 is 1.40 bits per heavy atom. The van der Waals surface area contributed by atoms with Gasteiger partial charge in [0, 0.05) is 6.54 Å². The molecule has 0 saturated heterocycles. The smallest absolute Gasteiger partial charge is 0.303 e. The van der Waals surface area contributed by atoms with Crippen molar-refractivity contribution < 1.29 is 14.7 Å². The number of carboxylic acids is 1. The molecule has 110 valence electrons. The Bertz CT molecular complexity index is 492. The van der Waals surface area contributed by atoms with Crippen LogP contribution in [0, 0.1) is 12.3 Å². The highest BCUT2D eigenvalue weighted by molar-refractivity contribution is 7.11. The molecule has 0 aromatic carbocycles. The summed E-state index contributed by atoms with van der Waals surface area (Å²) in [6.45, 7) is 2.24. The minimum atomic E-state index is -0.782. The molecule has 1 saturated carbocycles. The quantitative estimate of drug-likeness (QED) is 0.875. The summed E-state index contributed by atoms with van der Waals surface area (Å²) >= 11 is 1.32. The molecule has 0 spiro atoms. The average Bonchev–Trinajstić information content (AvgIpc) is 2.83. The molecule has 20 heavy (non-hydrogen) atoms. The largest absolute Gasteiger partial charge is 0.481 e. The molecular weight excluding hydrogens is 276 g/mol. The van der Waals surface area contributed by atoms with E-state index in [1.807, 2.05) is 0 Å². The van der Waals surface area contributed by atoms with Crippen LogP contribution in [0.2, 0.25) is 0 Å². The van der Waals surface area contributed by atoms with Gasteiger partial charge in [-0.3, -0.25) is 9.59 Å². The lowest BCUT2D eigenvalue weighted by atomic mass is 9.71. The first-order valence-electron chi connectivity index (χ1n) is 6.92. The van der Waals surface area contributed by atoms with Gasteiger partial charge in [0.15, 0.2) is 0 Å². The molecule has 1 fully saturated rings. The third-order valence-corrected chi connectivity index (χ3v) is 4.94. The Morgan fingerprint density at radius 3 is 2.65 bits per heavy atom. The number of nitrogens with one attached hydrogen (secondary N) is 1. The van der Waals surface area contributed by atoms with Crippen molar-refractivity contribution in [3.63, 3.8) is 0 Å². The van der Waals surface area contributed by atoms with Crippen LogP contribution in [0.15, 0.2) is 5.51 Å². The van der Waals surface area contributed by atoms with Gasteiger partial charge >= 0.3 is 5.97 Å². The Labute approximate surface area is 122 Å². The number of rotatable bonds is 5.